The van der Waals surface area contributed by atoms with Crippen molar-refractivity contribution in [2.75, 3.05) is 18.9 Å². The first-order valence-electron chi connectivity index (χ1n) is 8.05. The van der Waals surface area contributed by atoms with Crippen molar-refractivity contribution in [2.24, 2.45) is 5.41 Å². The van der Waals surface area contributed by atoms with Crippen LogP contribution in [-0.2, 0) is 4.74 Å². The van der Waals surface area contributed by atoms with Crippen LogP contribution in [-0.4, -0.2) is 43.9 Å². The number of rotatable bonds is 1. The van der Waals surface area contributed by atoms with Crippen molar-refractivity contribution in [3.05, 3.63) is 24.8 Å². The number of nitrogens with two attached hydrogens (primary N) is 1. The molecule has 1 aliphatic carbocycles. The maximum atomic E-state index is 11.1. The fourth-order valence-corrected chi connectivity index (χ4v) is 3.94. The van der Waals surface area contributed by atoms with E-state index in [0.29, 0.717) is 30.2 Å². The van der Waals surface area contributed by atoms with Gasteiger partial charge in [0.2, 0.25) is 0 Å². The van der Waals surface area contributed by atoms with Crippen molar-refractivity contribution in [3.63, 3.8) is 0 Å². The fraction of sp³-hybridized carbons (Fsp3) is 0.562. The molecule has 1 aliphatic heterocycles. The fourth-order valence-electron chi connectivity index (χ4n) is 3.94. The second-order valence-electron chi connectivity index (χ2n) is 6.54. The van der Waals surface area contributed by atoms with Crippen molar-refractivity contribution in [1.29, 1.82) is 0 Å². The van der Waals surface area contributed by atoms with Crippen LogP contribution < -0.4 is 5.73 Å². The van der Waals surface area contributed by atoms with Crippen LogP contribution in [0, 0.1) is 5.41 Å². The molecule has 1 spiro atoms. The molecule has 2 aromatic rings. The number of ether oxygens (including phenoxy) is 1. The van der Waals surface area contributed by atoms with Gasteiger partial charge in [0.1, 0.15) is 11.8 Å². The van der Waals surface area contributed by atoms with Crippen LogP contribution in [0.4, 0.5) is 5.82 Å². The minimum absolute atomic E-state index is 0.0712. The summed E-state index contributed by atoms with van der Waals surface area (Å²) in [5.41, 5.74) is 6.92. The van der Waals surface area contributed by atoms with E-state index in [1.165, 1.54) is 6.33 Å². The highest BCUT2D eigenvalue weighted by Crippen LogP contribution is 2.46. The Hall–Kier alpha value is -1.99. The monoisotopic (exact) mass is 315 g/mol. The number of hydrogen-bond donors (Lipinski definition) is 2. The Morgan fingerprint density at radius 1 is 1.30 bits per heavy atom. The summed E-state index contributed by atoms with van der Waals surface area (Å²) in [6.07, 6.45) is 10.6. The number of allylic oxidation sites excluding steroid dienone is 1. The molecule has 7 nitrogen and oxygen atoms in total. The van der Waals surface area contributed by atoms with Gasteiger partial charge in [0, 0.05) is 5.41 Å². The molecule has 0 amide bonds. The molecule has 1 saturated carbocycles. The van der Waals surface area contributed by atoms with Gasteiger partial charge in [0.15, 0.2) is 11.5 Å². The van der Waals surface area contributed by atoms with Crippen LogP contribution in [0.5, 0.6) is 0 Å². The summed E-state index contributed by atoms with van der Waals surface area (Å²) in [5.74, 6) is 0.370. The van der Waals surface area contributed by atoms with Crippen molar-refractivity contribution < 1.29 is 9.84 Å². The lowest BCUT2D eigenvalue weighted by Gasteiger charge is -2.44. The Morgan fingerprint density at radius 3 is 3.13 bits per heavy atom. The van der Waals surface area contributed by atoms with E-state index in [1.54, 1.807) is 6.33 Å². The van der Waals surface area contributed by atoms with Gasteiger partial charge in [0.25, 0.3) is 0 Å². The second kappa shape index (κ2) is 5.58. The number of anilines is 1. The standard InChI is InChI=1S/C16H21N5O2/c17-14-12-15(19-9-18-14)21(10-20-12)11-4-3-6-16(13(11)22)5-1-2-7-23-8-16/h1-2,9-11,13,22H,3-8H2,(H2,17,18,19)/t11-,13+,16+/m1/s1. The minimum Gasteiger partial charge on any atom is -0.390 e. The van der Waals surface area contributed by atoms with Crippen molar-refractivity contribution in [1.82, 2.24) is 19.5 Å². The molecule has 0 radical (unpaired) electrons. The van der Waals surface area contributed by atoms with E-state index in [1.807, 2.05) is 10.6 Å². The molecule has 1 fully saturated rings. The largest absolute Gasteiger partial charge is 0.390 e. The SMILES string of the molecule is Nc1ncnc2c1ncn2[C@@H]1CCC[C@]2(CC=CCOC2)[C@H]1O. The van der Waals surface area contributed by atoms with E-state index >= 15 is 0 Å². The molecule has 4 rings (SSSR count). The topological polar surface area (TPSA) is 99.1 Å². The predicted octanol–water partition coefficient (Wildman–Crippen LogP) is 1.46. The lowest BCUT2D eigenvalue weighted by Crippen LogP contribution is -2.47. The van der Waals surface area contributed by atoms with Gasteiger partial charge >= 0.3 is 0 Å². The summed E-state index contributed by atoms with van der Waals surface area (Å²) in [4.78, 5) is 12.6. The lowest BCUT2D eigenvalue weighted by molar-refractivity contribution is -0.0843. The third-order valence-corrected chi connectivity index (χ3v) is 5.21. The molecule has 7 heteroatoms. The average molecular weight is 315 g/mol. The zero-order chi connectivity index (χ0) is 15.9. The minimum atomic E-state index is -0.507. The van der Waals surface area contributed by atoms with E-state index in [2.05, 4.69) is 21.0 Å². The Kier molecular flexibility index (Phi) is 3.54. The number of aromatic nitrogens is 4. The first kappa shape index (κ1) is 14.6. The smallest absolute Gasteiger partial charge is 0.165 e. The molecule has 2 aromatic heterocycles. The van der Waals surface area contributed by atoms with Crippen LogP contribution in [0.2, 0.25) is 0 Å². The molecule has 2 aliphatic rings. The number of hydrogen-bond acceptors (Lipinski definition) is 6. The van der Waals surface area contributed by atoms with Gasteiger partial charge < -0.3 is 20.1 Å². The van der Waals surface area contributed by atoms with Gasteiger partial charge in [0.05, 0.1) is 31.7 Å². The number of nitrogens with zero attached hydrogens (tertiary/aromatic N) is 4. The summed E-state index contributed by atoms with van der Waals surface area (Å²) >= 11 is 0. The van der Waals surface area contributed by atoms with E-state index < -0.39 is 6.10 Å². The summed E-state index contributed by atoms with van der Waals surface area (Å²) in [5, 5.41) is 11.1. The quantitative estimate of drug-likeness (QED) is 0.773. The molecule has 0 unspecified atom stereocenters. The molecule has 23 heavy (non-hydrogen) atoms. The lowest BCUT2D eigenvalue weighted by atomic mass is 9.68. The molecule has 0 saturated heterocycles. The first-order chi connectivity index (χ1) is 11.2. The van der Waals surface area contributed by atoms with Gasteiger partial charge in [-0.05, 0) is 19.3 Å². The summed E-state index contributed by atoms with van der Waals surface area (Å²) in [7, 11) is 0. The number of imidazole rings is 1. The van der Waals surface area contributed by atoms with Crippen LogP contribution in [0.15, 0.2) is 24.8 Å². The third kappa shape index (κ3) is 2.31. The highest BCUT2D eigenvalue weighted by atomic mass is 16.5. The Morgan fingerprint density at radius 2 is 2.22 bits per heavy atom. The van der Waals surface area contributed by atoms with Gasteiger partial charge in [-0.25, -0.2) is 15.0 Å². The summed E-state index contributed by atoms with van der Waals surface area (Å²) < 4.78 is 7.67. The number of aliphatic hydroxyl groups is 1. The average Bonchev–Trinajstić information content (AvgIpc) is 2.84. The summed E-state index contributed by atoms with van der Waals surface area (Å²) in [6.45, 7) is 1.21. The van der Waals surface area contributed by atoms with Crippen LogP contribution >= 0.6 is 0 Å². The molecule has 3 heterocycles. The van der Waals surface area contributed by atoms with Gasteiger partial charge in [-0.2, -0.15) is 0 Å². The Balaban J connectivity index is 1.73. The Bertz CT molecular complexity index is 743. The van der Waals surface area contributed by atoms with Gasteiger partial charge in [-0.15, -0.1) is 0 Å². The maximum absolute atomic E-state index is 11.1. The number of fused-ring (bicyclic) bond motifs is 1. The summed E-state index contributed by atoms with van der Waals surface area (Å²) in [6, 6.07) is -0.0712. The zero-order valence-corrected chi connectivity index (χ0v) is 12.9. The molecule has 3 N–H and O–H groups in total. The molecule has 122 valence electrons. The molecular formula is C16H21N5O2. The number of nitrogen functional groups attached to an aromatic ring is 1. The first-order valence-corrected chi connectivity index (χ1v) is 8.05. The second-order valence-corrected chi connectivity index (χ2v) is 6.54. The van der Waals surface area contributed by atoms with E-state index in [4.69, 9.17) is 10.5 Å². The van der Waals surface area contributed by atoms with Crippen LogP contribution in [0.1, 0.15) is 31.7 Å². The van der Waals surface area contributed by atoms with Gasteiger partial charge in [-0.1, -0.05) is 18.6 Å². The van der Waals surface area contributed by atoms with Crippen molar-refractivity contribution >= 4 is 17.0 Å². The van der Waals surface area contributed by atoms with Crippen molar-refractivity contribution in [2.45, 2.75) is 37.8 Å². The van der Waals surface area contributed by atoms with E-state index in [-0.39, 0.29) is 11.5 Å². The molecule has 3 atom stereocenters. The third-order valence-electron chi connectivity index (χ3n) is 5.21. The van der Waals surface area contributed by atoms with Crippen molar-refractivity contribution in [3.8, 4) is 0 Å². The normalized spacial score (nSPS) is 31.5. The molecule has 0 aromatic carbocycles. The van der Waals surface area contributed by atoms with E-state index in [0.717, 1.165) is 25.7 Å². The molecular weight excluding hydrogens is 294 g/mol. The van der Waals surface area contributed by atoms with Crippen LogP contribution in [0.25, 0.3) is 11.2 Å². The zero-order valence-electron chi connectivity index (χ0n) is 12.9. The highest BCUT2D eigenvalue weighted by Gasteiger charge is 2.45. The molecule has 0 bridgehead atoms. The van der Waals surface area contributed by atoms with Gasteiger partial charge in [-0.3, -0.25) is 0 Å². The Labute approximate surface area is 134 Å². The number of aliphatic hydroxyl groups excluding tert-OH is 1. The van der Waals surface area contributed by atoms with E-state index in [9.17, 15) is 5.11 Å². The predicted molar refractivity (Wildman–Crippen MR) is 85.6 cm³/mol. The maximum Gasteiger partial charge on any atom is 0.165 e. The highest BCUT2D eigenvalue weighted by molar-refractivity contribution is 5.81. The van der Waals surface area contributed by atoms with Crippen LogP contribution in [0.3, 0.4) is 0 Å².